The molecule has 0 atom stereocenters. The first-order chi connectivity index (χ1) is 9.32. The minimum atomic E-state index is -3.66. The van der Waals surface area contributed by atoms with E-state index in [4.69, 9.17) is 11.6 Å². The molecule has 0 saturated carbocycles. The normalized spacial score (nSPS) is 18.9. The molecule has 0 bridgehead atoms. The van der Waals surface area contributed by atoms with E-state index < -0.39 is 15.8 Å². The molecule has 1 aliphatic rings. The quantitative estimate of drug-likeness (QED) is 0.893. The summed E-state index contributed by atoms with van der Waals surface area (Å²) in [6, 6.07) is 3.40. The molecule has 2 rings (SSSR count). The Hall–Kier alpha value is -0.690. The van der Waals surface area contributed by atoms with Crippen molar-refractivity contribution in [1.29, 1.82) is 0 Å². The summed E-state index contributed by atoms with van der Waals surface area (Å²) in [5.74, 6) is -0.629. The van der Waals surface area contributed by atoms with Crippen LogP contribution in [0, 0.1) is 11.2 Å². The van der Waals surface area contributed by atoms with Gasteiger partial charge in [0, 0.05) is 6.54 Å². The lowest BCUT2D eigenvalue weighted by Crippen LogP contribution is -2.42. The zero-order valence-electron chi connectivity index (χ0n) is 11.2. The molecule has 20 heavy (non-hydrogen) atoms. The third kappa shape index (κ3) is 3.69. The molecule has 1 aliphatic heterocycles. The van der Waals surface area contributed by atoms with Crippen LogP contribution in [0.4, 0.5) is 4.39 Å². The summed E-state index contributed by atoms with van der Waals surface area (Å²) in [5, 5.41) is 3.05. The van der Waals surface area contributed by atoms with Crippen molar-refractivity contribution in [3.63, 3.8) is 0 Å². The van der Waals surface area contributed by atoms with E-state index in [1.165, 1.54) is 6.07 Å². The van der Waals surface area contributed by atoms with Gasteiger partial charge in [-0.2, -0.15) is 0 Å². The van der Waals surface area contributed by atoms with Crippen molar-refractivity contribution in [2.24, 2.45) is 5.41 Å². The van der Waals surface area contributed by atoms with E-state index in [1.807, 2.05) is 0 Å². The van der Waals surface area contributed by atoms with E-state index in [-0.39, 0.29) is 15.3 Å². The molecule has 1 aromatic rings. The first-order valence-electron chi connectivity index (χ1n) is 6.48. The fourth-order valence-electron chi connectivity index (χ4n) is 2.20. The number of nitrogens with one attached hydrogen (secondary N) is 2. The third-order valence-corrected chi connectivity index (χ3v) is 5.39. The number of hydrogen-bond acceptors (Lipinski definition) is 3. The highest BCUT2D eigenvalue weighted by Crippen LogP contribution is 2.27. The highest BCUT2D eigenvalue weighted by atomic mass is 35.5. The maximum atomic E-state index is 13.1. The number of sulfonamides is 1. The average Bonchev–Trinajstić information content (AvgIpc) is 2.41. The van der Waals surface area contributed by atoms with Crippen molar-refractivity contribution in [3.05, 3.63) is 29.0 Å². The minimum absolute atomic E-state index is 0.0126. The summed E-state index contributed by atoms with van der Waals surface area (Å²) < 4.78 is 40.0. The predicted octanol–water partition coefficient (Wildman–Crippen LogP) is 2.15. The maximum Gasteiger partial charge on any atom is 0.240 e. The van der Waals surface area contributed by atoms with Crippen LogP contribution >= 0.6 is 11.6 Å². The fraction of sp³-hybridized carbons (Fsp3) is 0.538. The van der Waals surface area contributed by atoms with Gasteiger partial charge in [0.2, 0.25) is 10.0 Å². The summed E-state index contributed by atoms with van der Waals surface area (Å²) in [4.78, 5) is -0.0126. The Kier molecular flexibility index (Phi) is 4.69. The van der Waals surface area contributed by atoms with Crippen LogP contribution in [-0.2, 0) is 10.0 Å². The largest absolute Gasteiger partial charge is 0.317 e. The van der Waals surface area contributed by atoms with Gasteiger partial charge in [-0.15, -0.1) is 0 Å². The van der Waals surface area contributed by atoms with E-state index >= 15 is 0 Å². The lowest BCUT2D eigenvalue weighted by molar-refractivity contribution is 0.232. The van der Waals surface area contributed by atoms with Crippen LogP contribution in [0.15, 0.2) is 23.1 Å². The number of piperidine rings is 1. The van der Waals surface area contributed by atoms with E-state index in [1.54, 1.807) is 0 Å². The second-order valence-corrected chi connectivity index (χ2v) is 7.64. The molecule has 4 nitrogen and oxygen atoms in total. The van der Waals surface area contributed by atoms with Crippen molar-refractivity contribution in [2.45, 2.75) is 24.7 Å². The molecule has 1 aromatic carbocycles. The minimum Gasteiger partial charge on any atom is -0.317 e. The monoisotopic (exact) mass is 320 g/mol. The van der Waals surface area contributed by atoms with Crippen LogP contribution in [0.5, 0.6) is 0 Å². The van der Waals surface area contributed by atoms with Crippen LogP contribution in [-0.4, -0.2) is 28.1 Å². The molecule has 0 radical (unpaired) electrons. The Labute approximate surface area is 123 Å². The summed E-state index contributed by atoms with van der Waals surface area (Å²) in [7, 11) is -3.66. The third-order valence-electron chi connectivity index (χ3n) is 3.70. The van der Waals surface area contributed by atoms with Crippen molar-refractivity contribution < 1.29 is 12.8 Å². The first kappa shape index (κ1) is 15.7. The van der Waals surface area contributed by atoms with Gasteiger partial charge in [-0.1, -0.05) is 18.5 Å². The van der Waals surface area contributed by atoms with Crippen molar-refractivity contribution >= 4 is 21.6 Å². The Morgan fingerprint density at radius 1 is 1.40 bits per heavy atom. The van der Waals surface area contributed by atoms with E-state index in [2.05, 4.69) is 17.0 Å². The zero-order valence-corrected chi connectivity index (χ0v) is 12.8. The summed E-state index contributed by atoms with van der Waals surface area (Å²) >= 11 is 5.62. The first-order valence-corrected chi connectivity index (χ1v) is 8.34. The Morgan fingerprint density at radius 2 is 2.05 bits per heavy atom. The maximum absolute atomic E-state index is 13.1. The molecule has 112 valence electrons. The standard InChI is InChI=1S/C13H18ClFN2O2S/c1-13(4-6-16-7-5-13)9-17-20(18,19)10-2-3-12(15)11(14)8-10/h2-3,8,16-17H,4-7,9H2,1H3. The van der Waals surface area contributed by atoms with Gasteiger partial charge in [0.05, 0.1) is 9.92 Å². The van der Waals surface area contributed by atoms with E-state index in [9.17, 15) is 12.8 Å². The van der Waals surface area contributed by atoms with Gasteiger partial charge < -0.3 is 5.32 Å². The molecule has 1 saturated heterocycles. The van der Waals surface area contributed by atoms with Crippen LogP contribution in [0.25, 0.3) is 0 Å². The molecule has 0 amide bonds. The molecule has 0 spiro atoms. The summed E-state index contributed by atoms with van der Waals surface area (Å²) in [5.41, 5.74) is -0.0534. The molecular formula is C13H18ClFN2O2S. The summed E-state index contributed by atoms with van der Waals surface area (Å²) in [6.45, 7) is 4.21. The summed E-state index contributed by atoms with van der Waals surface area (Å²) in [6.07, 6.45) is 1.83. The molecule has 2 N–H and O–H groups in total. The fourth-order valence-corrected chi connectivity index (χ4v) is 3.67. The van der Waals surface area contributed by atoms with Crippen molar-refractivity contribution in [2.75, 3.05) is 19.6 Å². The van der Waals surface area contributed by atoms with Crippen molar-refractivity contribution in [3.8, 4) is 0 Å². The highest BCUT2D eigenvalue weighted by Gasteiger charge is 2.28. The Balaban J connectivity index is 2.09. The molecular weight excluding hydrogens is 303 g/mol. The number of benzene rings is 1. The molecule has 0 aromatic heterocycles. The van der Waals surface area contributed by atoms with Gasteiger partial charge in [-0.05, 0) is 49.5 Å². The second kappa shape index (κ2) is 5.97. The van der Waals surface area contributed by atoms with Crippen LogP contribution in [0.3, 0.4) is 0 Å². The molecule has 0 aliphatic carbocycles. The molecule has 0 unspecified atom stereocenters. The topological polar surface area (TPSA) is 58.2 Å². The number of hydrogen-bond donors (Lipinski definition) is 2. The Morgan fingerprint density at radius 3 is 2.65 bits per heavy atom. The zero-order chi connectivity index (χ0) is 14.8. The number of rotatable bonds is 4. The van der Waals surface area contributed by atoms with Gasteiger partial charge in [0.25, 0.3) is 0 Å². The lowest BCUT2D eigenvalue weighted by atomic mass is 9.81. The van der Waals surface area contributed by atoms with Gasteiger partial charge in [-0.25, -0.2) is 17.5 Å². The van der Waals surface area contributed by atoms with Crippen LogP contribution in [0.1, 0.15) is 19.8 Å². The molecule has 1 fully saturated rings. The second-order valence-electron chi connectivity index (χ2n) is 5.46. The molecule has 1 heterocycles. The predicted molar refractivity (Wildman–Crippen MR) is 76.8 cm³/mol. The van der Waals surface area contributed by atoms with Crippen LogP contribution in [0.2, 0.25) is 5.02 Å². The lowest BCUT2D eigenvalue weighted by Gasteiger charge is -2.34. The van der Waals surface area contributed by atoms with Gasteiger partial charge in [-0.3, -0.25) is 0 Å². The van der Waals surface area contributed by atoms with E-state index in [0.717, 1.165) is 38.1 Å². The molecule has 7 heteroatoms. The van der Waals surface area contributed by atoms with Gasteiger partial charge in [0.1, 0.15) is 5.82 Å². The van der Waals surface area contributed by atoms with Gasteiger partial charge >= 0.3 is 0 Å². The van der Waals surface area contributed by atoms with E-state index in [0.29, 0.717) is 6.54 Å². The van der Waals surface area contributed by atoms with Gasteiger partial charge in [0.15, 0.2) is 0 Å². The highest BCUT2D eigenvalue weighted by molar-refractivity contribution is 7.89. The Bertz CT molecular complexity index is 586. The van der Waals surface area contributed by atoms with Crippen molar-refractivity contribution in [1.82, 2.24) is 10.0 Å². The smallest absolute Gasteiger partial charge is 0.240 e. The SMILES string of the molecule is CC1(CNS(=O)(=O)c2ccc(F)c(Cl)c2)CCNCC1. The number of halogens is 2. The average molecular weight is 321 g/mol. The van der Waals surface area contributed by atoms with Crippen LogP contribution < -0.4 is 10.0 Å².